The number of alkyl halides is 3. The van der Waals surface area contributed by atoms with E-state index in [2.05, 4.69) is 5.32 Å². The quantitative estimate of drug-likeness (QED) is 0.777. The van der Waals surface area contributed by atoms with Crippen molar-refractivity contribution in [3.63, 3.8) is 0 Å². The molecule has 0 bridgehead atoms. The zero-order valence-corrected chi connectivity index (χ0v) is 16.4. The molecular formula is C18H16F3NO5S2. The highest BCUT2D eigenvalue weighted by Gasteiger charge is 2.38. The van der Waals surface area contributed by atoms with Gasteiger partial charge in [-0.25, -0.2) is 16.8 Å². The number of halogens is 3. The van der Waals surface area contributed by atoms with Gasteiger partial charge in [0.25, 0.3) is 5.91 Å². The highest BCUT2D eigenvalue weighted by Crippen LogP contribution is 2.31. The minimum absolute atomic E-state index is 0.0225. The molecule has 0 saturated carbocycles. The van der Waals surface area contributed by atoms with Crippen LogP contribution in [0.4, 0.5) is 18.9 Å². The molecule has 29 heavy (non-hydrogen) atoms. The Balaban J connectivity index is 1.84. The number of carbonyl (C=O) groups is 1. The summed E-state index contributed by atoms with van der Waals surface area (Å²) in [5.41, 5.74) is -1.11. The number of hydrogen-bond acceptors (Lipinski definition) is 5. The van der Waals surface area contributed by atoms with Crippen LogP contribution in [0.3, 0.4) is 0 Å². The molecule has 0 aromatic heterocycles. The van der Waals surface area contributed by atoms with Crippen LogP contribution in [0.15, 0.2) is 53.4 Å². The van der Waals surface area contributed by atoms with Crippen LogP contribution < -0.4 is 5.32 Å². The van der Waals surface area contributed by atoms with Crippen molar-refractivity contribution < 1.29 is 34.8 Å². The Hall–Kier alpha value is -2.40. The molecule has 2 aromatic rings. The monoisotopic (exact) mass is 447 g/mol. The van der Waals surface area contributed by atoms with Gasteiger partial charge in [0.05, 0.1) is 27.2 Å². The molecule has 1 atom stereocenters. The lowest BCUT2D eigenvalue weighted by molar-refractivity contribution is -0.137. The van der Waals surface area contributed by atoms with E-state index < -0.39 is 48.3 Å². The van der Waals surface area contributed by atoms with Crippen molar-refractivity contribution in [2.45, 2.75) is 22.7 Å². The van der Waals surface area contributed by atoms with Crippen LogP contribution in [-0.2, 0) is 25.9 Å². The van der Waals surface area contributed by atoms with Gasteiger partial charge < -0.3 is 5.32 Å². The molecule has 0 radical (unpaired) electrons. The third kappa shape index (κ3) is 4.78. The van der Waals surface area contributed by atoms with E-state index in [1.807, 2.05) is 0 Å². The maximum absolute atomic E-state index is 12.8. The summed E-state index contributed by atoms with van der Waals surface area (Å²) in [4.78, 5) is 12.2. The third-order valence-corrected chi connectivity index (χ3v) is 8.67. The number of benzene rings is 2. The number of hydrogen-bond donors (Lipinski definition) is 1. The van der Waals surface area contributed by atoms with Crippen LogP contribution in [0, 0.1) is 0 Å². The molecule has 1 N–H and O–H groups in total. The molecule has 1 amide bonds. The van der Waals surface area contributed by atoms with Gasteiger partial charge in [0.2, 0.25) is 0 Å². The molecule has 1 aliphatic rings. The Morgan fingerprint density at radius 3 is 2.38 bits per heavy atom. The first-order chi connectivity index (χ1) is 13.4. The van der Waals surface area contributed by atoms with E-state index in [0.29, 0.717) is 0 Å². The van der Waals surface area contributed by atoms with Gasteiger partial charge >= 0.3 is 6.18 Å². The summed E-state index contributed by atoms with van der Waals surface area (Å²) in [6.45, 7) is 0. The number of sulfone groups is 2. The molecule has 156 valence electrons. The Morgan fingerprint density at radius 2 is 1.76 bits per heavy atom. The Bertz CT molecular complexity index is 1160. The first-order valence-corrected chi connectivity index (χ1v) is 11.8. The lowest BCUT2D eigenvalue weighted by Gasteiger charge is -2.12. The summed E-state index contributed by atoms with van der Waals surface area (Å²) >= 11 is 0. The van der Waals surface area contributed by atoms with Crippen molar-refractivity contribution in [2.24, 2.45) is 0 Å². The second-order valence-electron chi connectivity index (χ2n) is 6.63. The van der Waals surface area contributed by atoms with Crippen molar-refractivity contribution in [3.05, 3.63) is 59.7 Å². The topological polar surface area (TPSA) is 97.4 Å². The minimum Gasteiger partial charge on any atom is -0.322 e. The summed E-state index contributed by atoms with van der Waals surface area (Å²) in [5.74, 6) is -1.48. The summed E-state index contributed by atoms with van der Waals surface area (Å²) in [5, 5.41) is 1.21. The number of amides is 1. The number of nitrogens with one attached hydrogen (secondary N) is 1. The van der Waals surface area contributed by atoms with Crippen LogP contribution in [0.1, 0.15) is 22.3 Å². The van der Waals surface area contributed by atoms with E-state index in [9.17, 15) is 34.8 Å². The number of rotatable bonds is 4. The third-order valence-electron chi connectivity index (χ3n) is 4.50. The van der Waals surface area contributed by atoms with Gasteiger partial charge in [0, 0.05) is 11.3 Å². The summed E-state index contributed by atoms with van der Waals surface area (Å²) in [7, 11) is -7.39. The molecule has 0 spiro atoms. The molecule has 6 nitrogen and oxygen atoms in total. The molecule has 0 aliphatic carbocycles. The first-order valence-electron chi connectivity index (χ1n) is 8.41. The van der Waals surface area contributed by atoms with E-state index in [0.717, 1.165) is 24.3 Å². The molecule has 1 aliphatic heterocycles. The molecule has 3 rings (SSSR count). The van der Waals surface area contributed by atoms with E-state index in [1.165, 1.54) is 24.3 Å². The first kappa shape index (κ1) is 21.3. The highest BCUT2D eigenvalue weighted by atomic mass is 32.2. The van der Waals surface area contributed by atoms with Gasteiger partial charge in [-0.15, -0.1) is 0 Å². The van der Waals surface area contributed by atoms with Gasteiger partial charge in [-0.2, -0.15) is 13.2 Å². The Labute approximate surface area is 165 Å². The smallest absolute Gasteiger partial charge is 0.322 e. The fourth-order valence-electron chi connectivity index (χ4n) is 2.99. The highest BCUT2D eigenvalue weighted by molar-refractivity contribution is 7.96. The zero-order chi connectivity index (χ0) is 21.4. The second kappa shape index (κ2) is 7.45. The number of carbonyl (C=O) groups excluding carboxylic acids is 1. The zero-order valence-electron chi connectivity index (χ0n) is 14.8. The van der Waals surface area contributed by atoms with Crippen LogP contribution in [0.2, 0.25) is 0 Å². The van der Waals surface area contributed by atoms with Gasteiger partial charge in [0.15, 0.2) is 19.7 Å². The van der Waals surface area contributed by atoms with E-state index >= 15 is 0 Å². The molecule has 1 heterocycles. The molecule has 0 unspecified atom stereocenters. The van der Waals surface area contributed by atoms with E-state index in [-0.39, 0.29) is 28.3 Å². The summed E-state index contributed by atoms with van der Waals surface area (Å²) in [6.07, 6.45) is -4.60. The SMILES string of the molecule is O=C(Nc1cccc(C(F)(F)F)c1)c1cccc(S(=O)(=O)[C@@H]2CCS(=O)(=O)C2)c1. The van der Waals surface area contributed by atoms with Gasteiger partial charge in [-0.05, 0) is 42.8 Å². The normalized spacial score (nSPS) is 19.1. The summed E-state index contributed by atoms with van der Waals surface area (Å²) < 4.78 is 86.9. The van der Waals surface area contributed by atoms with Crippen molar-refractivity contribution >= 4 is 31.3 Å². The van der Waals surface area contributed by atoms with Crippen LogP contribution >= 0.6 is 0 Å². The molecule has 1 saturated heterocycles. The van der Waals surface area contributed by atoms with Crippen molar-refractivity contribution in [1.29, 1.82) is 0 Å². The predicted octanol–water partition coefficient (Wildman–Crippen LogP) is 2.92. The number of anilines is 1. The molecule has 1 fully saturated rings. The lowest BCUT2D eigenvalue weighted by Crippen LogP contribution is -2.23. The predicted molar refractivity (Wildman–Crippen MR) is 100 cm³/mol. The van der Waals surface area contributed by atoms with Crippen molar-refractivity contribution in [3.8, 4) is 0 Å². The maximum atomic E-state index is 12.8. The van der Waals surface area contributed by atoms with Crippen molar-refractivity contribution in [2.75, 3.05) is 16.8 Å². The summed E-state index contributed by atoms with van der Waals surface area (Å²) in [6, 6.07) is 9.01. The Morgan fingerprint density at radius 1 is 1.07 bits per heavy atom. The molecular weight excluding hydrogens is 431 g/mol. The molecule has 2 aromatic carbocycles. The van der Waals surface area contributed by atoms with Gasteiger partial charge in [0.1, 0.15) is 0 Å². The van der Waals surface area contributed by atoms with Crippen LogP contribution in [0.5, 0.6) is 0 Å². The standard InChI is InChI=1S/C18H16F3NO5S2/c19-18(20,21)13-4-2-5-14(10-13)22-17(23)12-3-1-6-15(9-12)29(26,27)16-7-8-28(24,25)11-16/h1-6,9-10,16H,7-8,11H2,(H,22,23)/t16-/m1/s1. The fraction of sp³-hybridized carbons (Fsp3) is 0.278. The fourth-order valence-corrected chi connectivity index (χ4v) is 7.39. The van der Waals surface area contributed by atoms with Crippen LogP contribution in [0.25, 0.3) is 0 Å². The van der Waals surface area contributed by atoms with Gasteiger partial charge in [-0.1, -0.05) is 12.1 Å². The minimum atomic E-state index is -4.57. The van der Waals surface area contributed by atoms with Crippen molar-refractivity contribution in [1.82, 2.24) is 0 Å². The largest absolute Gasteiger partial charge is 0.416 e. The maximum Gasteiger partial charge on any atom is 0.416 e. The average Bonchev–Trinajstić information content (AvgIpc) is 3.02. The lowest BCUT2D eigenvalue weighted by atomic mass is 10.1. The van der Waals surface area contributed by atoms with E-state index in [1.54, 1.807) is 0 Å². The average molecular weight is 447 g/mol. The van der Waals surface area contributed by atoms with E-state index in [4.69, 9.17) is 0 Å². The Kier molecular flexibility index (Phi) is 5.48. The molecule has 11 heteroatoms. The van der Waals surface area contributed by atoms with Crippen LogP contribution in [-0.4, -0.2) is 39.5 Å². The second-order valence-corrected chi connectivity index (χ2v) is 11.1. The van der Waals surface area contributed by atoms with Gasteiger partial charge in [-0.3, -0.25) is 4.79 Å².